The predicted octanol–water partition coefficient (Wildman–Crippen LogP) is 2.44. The number of hydrogen-bond donors (Lipinski definition) is 1. The summed E-state index contributed by atoms with van der Waals surface area (Å²) >= 11 is 0. The number of aromatic amines is 1. The highest BCUT2D eigenvalue weighted by Crippen LogP contribution is 2.28. The van der Waals surface area contributed by atoms with E-state index in [0.717, 1.165) is 29.9 Å². The lowest BCUT2D eigenvalue weighted by Gasteiger charge is -2.07. The smallest absolute Gasteiger partial charge is 0.225 e. The average molecular weight is 247 g/mol. The maximum atomic E-state index is 5.27. The Balaban J connectivity index is 2.36. The van der Waals surface area contributed by atoms with Crippen molar-refractivity contribution in [1.82, 2.24) is 15.0 Å². The van der Waals surface area contributed by atoms with E-state index >= 15 is 0 Å². The average Bonchev–Trinajstić information content (AvgIpc) is 2.87. The van der Waals surface area contributed by atoms with Gasteiger partial charge in [0, 0.05) is 12.5 Å². The highest BCUT2D eigenvalue weighted by atomic mass is 16.5. The van der Waals surface area contributed by atoms with Crippen LogP contribution in [-0.2, 0) is 6.42 Å². The fourth-order valence-electron chi connectivity index (χ4n) is 1.76. The molecule has 2 heterocycles. The van der Waals surface area contributed by atoms with Crippen LogP contribution in [0.5, 0.6) is 11.8 Å². The van der Waals surface area contributed by atoms with Gasteiger partial charge < -0.3 is 14.5 Å². The third kappa shape index (κ3) is 2.45. The molecule has 0 aliphatic rings. The number of hydrogen-bond acceptors (Lipinski definition) is 4. The Labute approximate surface area is 106 Å². The molecule has 5 heteroatoms. The van der Waals surface area contributed by atoms with E-state index in [1.165, 1.54) is 0 Å². The van der Waals surface area contributed by atoms with Gasteiger partial charge >= 0.3 is 0 Å². The van der Waals surface area contributed by atoms with Crippen molar-refractivity contribution in [2.75, 3.05) is 14.2 Å². The number of imidazole rings is 1. The first-order valence-corrected chi connectivity index (χ1v) is 5.91. The van der Waals surface area contributed by atoms with Crippen LogP contribution in [0.3, 0.4) is 0 Å². The Bertz CT molecular complexity index is 523. The van der Waals surface area contributed by atoms with E-state index in [9.17, 15) is 0 Å². The minimum atomic E-state index is 0.529. The van der Waals surface area contributed by atoms with E-state index in [-0.39, 0.29) is 0 Å². The van der Waals surface area contributed by atoms with E-state index in [1.807, 2.05) is 6.07 Å². The molecule has 0 aromatic carbocycles. The molecular formula is C13H17N3O2. The molecule has 1 N–H and O–H groups in total. The summed E-state index contributed by atoms with van der Waals surface area (Å²) in [5.41, 5.74) is 1.79. The fourth-order valence-corrected chi connectivity index (χ4v) is 1.76. The first-order chi connectivity index (χ1) is 8.78. The fraction of sp³-hybridized carbons (Fsp3) is 0.385. The van der Waals surface area contributed by atoms with Crippen LogP contribution in [0.15, 0.2) is 18.3 Å². The molecule has 0 aliphatic heterocycles. The number of rotatable bonds is 5. The minimum absolute atomic E-state index is 0.529. The number of H-pyrrole nitrogens is 1. The zero-order chi connectivity index (χ0) is 13.0. The summed E-state index contributed by atoms with van der Waals surface area (Å²) in [5, 5.41) is 0. The molecule has 5 nitrogen and oxygen atoms in total. The minimum Gasteiger partial charge on any atom is -0.481 e. The highest BCUT2D eigenvalue weighted by molar-refractivity contribution is 5.65. The molecule has 2 rings (SSSR count). The van der Waals surface area contributed by atoms with E-state index < -0.39 is 0 Å². The molecule has 0 amide bonds. The van der Waals surface area contributed by atoms with Crippen LogP contribution in [0.4, 0.5) is 0 Å². The summed E-state index contributed by atoms with van der Waals surface area (Å²) in [4.78, 5) is 11.8. The first-order valence-electron chi connectivity index (χ1n) is 5.91. The Hall–Kier alpha value is -2.04. The number of ether oxygens (including phenoxy) is 2. The van der Waals surface area contributed by atoms with Gasteiger partial charge in [0.05, 0.1) is 31.7 Å². The summed E-state index contributed by atoms with van der Waals surface area (Å²) < 4.78 is 10.3. The van der Waals surface area contributed by atoms with E-state index in [2.05, 4.69) is 21.9 Å². The van der Waals surface area contributed by atoms with Crippen LogP contribution in [-0.4, -0.2) is 29.2 Å². The monoisotopic (exact) mass is 247 g/mol. The van der Waals surface area contributed by atoms with Crippen molar-refractivity contribution < 1.29 is 9.47 Å². The summed E-state index contributed by atoms with van der Waals surface area (Å²) in [6.45, 7) is 2.12. The standard InChI is InChI=1S/C13H17N3O2/c1-4-5-11-14-8-10(15-11)9-6-7-12(17-2)16-13(9)18-3/h6-8H,4-5H2,1-3H3,(H,14,15). The molecule has 0 bridgehead atoms. The van der Waals surface area contributed by atoms with Crippen molar-refractivity contribution in [3.05, 3.63) is 24.2 Å². The molecule has 0 saturated carbocycles. The third-order valence-corrected chi connectivity index (χ3v) is 2.64. The van der Waals surface area contributed by atoms with Crippen molar-refractivity contribution in [3.63, 3.8) is 0 Å². The van der Waals surface area contributed by atoms with Gasteiger partial charge in [0.2, 0.25) is 11.8 Å². The molecule has 0 unspecified atom stereocenters. The maximum Gasteiger partial charge on any atom is 0.225 e. The van der Waals surface area contributed by atoms with Gasteiger partial charge in [-0.1, -0.05) is 6.92 Å². The summed E-state index contributed by atoms with van der Waals surface area (Å²) in [6, 6.07) is 3.71. The van der Waals surface area contributed by atoms with Crippen LogP contribution in [0.1, 0.15) is 19.2 Å². The highest BCUT2D eigenvalue weighted by Gasteiger charge is 2.11. The summed E-state index contributed by atoms with van der Waals surface area (Å²) in [7, 11) is 3.17. The van der Waals surface area contributed by atoms with Crippen molar-refractivity contribution in [2.24, 2.45) is 0 Å². The zero-order valence-electron chi connectivity index (χ0n) is 10.9. The van der Waals surface area contributed by atoms with Gasteiger partial charge in [-0.25, -0.2) is 4.98 Å². The molecule has 18 heavy (non-hydrogen) atoms. The summed E-state index contributed by atoms with van der Waals surface area (Å²) in [5.74, 6) is 2.04. The number of aryl methyl sites for hydroxylation is 1. The molecule has 0 aliphatic carbocycles. The molecule has 0 fully saturated rings. The molecule has 2 aromatic heterocycles. The van der Waals surface area contributed by atoms with Gasteiger partial charge in [-0.05, 0) is 12.5 Å². The molecule has 96 valence electrons. The SMILES string of the molecule is CCCc1ncc(-c2ccc(OC)nc2OC)[nH]1. The first kappa shape index (κ1) is 12.4. The quantitative estimate of drug-likeness (QED) is 0.881. The third-order valence-electron chi connectivity index (χ3n) is 2.64. The van der Waals surface area contributed by atoms with E-state index in [1.54, 1.807) is 26.5 Å². The second-order valence-corrected chi connectivity index (χ2v) is 3.90. The maximum absolute atomic E-state index is 5.27. The number of aromatic nitrogens is 3. The lowest BCUT2D eigenvalue weighted by Crippen LogP contribution is -1.95. The Kier molecular flexibility index (Phi) is 3.82. The van der Waals surface area contributed by atoms with Crippen LogP contribution in [0.25, 0.3) is 11.3 Å². The van der Waals surface area contributed by atoms with Crippen LogP contribution >= 0.6 is 0 Å². The van der Waals surface area contributed by atoms with Crippen LogP contribution < -0.4 is 9.47 Å². The molecule has 0 spiro atoms. The topological polar surface area (TPSA) is 60.0 Å². The van der Waals surface area contributed by atoms with E-state index in [4.69, 9.17) is 9.47 Å². The lowest BCUT2D eigenvalue weighted by atomic mass is 10.2. The normalized spacial score (nSPS) is 10.4. The van der Waals surface area contributed by atoms with Gasteiger partial charge in [0.1, 0.15) is 5.82 Å². The van der Waals surface area contributed by atoms with Crippen molar-refractivity contribution >= 4 is 0 Å². The van der Waals surface area contributed by atoms with Crippen molar-refractivity contribution in [1.29, 1.82) is 0 Å². The molecule has 0 radical (unpaired) electrons. The predicted molar refractivity (Wildman–Crippen MR) is 68.9 cm³/mol. The van der Waals surface area contributed by atoms with Gasteiger partial charge in [-0.3, -0.25) is 0 Å². The van der Waals surface area contributed by atoms with Gasteiger partial charge in [0.25, 0.3) is 0 Å². The van der Waals surface area contributed by atoms with Gasteiger partial charge in [0.15, 0.2) is 0 Å². The number of pyridine rings is 1. The van der Waals surface area contributed by atoms with Crippen LogP contribution in [0.2, 0.25) is 0 Å². The molecule has 0 atom stereocenters. The largest absolute Gasteiger partial charge is 0.481 e. The van der Waals surface area contributed by atoms with Crippen molar-refractivity contribution in [3.8, 4) is 23.0 Å². The number of nitrogens with zero attached hydrogens (tertiary/aromatic N) is 2. The Morgan fingerprint density at radius 2 is 2.06 bits per heavy atom. The lowest BCUT2D eigenvalue weighted by molar-refractivity contribution is 0.366. The van der Waals surface area contributed by atoms with Gasteiger partial charge in [-0.2, -0.15) is 4.98 Å². The van der Waals surface area contributed by atoms with Crippen molar-refractivity contribution in [2.45, 2.75) is 19.8 Å². The van der Waals surface area contributed by atoms with Gasteiger partial charge in [-0.15, -0.1) is 0 Å². The Morgan fingerprint density at radius 1 is 1.22 bits per heavy atom. The number of methoxy groups -OCH3 is 2. The van der Waals surface area contributed by atoms with E-state index in [0.29, 0.717) is 11.8 Å². The second-order valence-electron chi connectivity index (χ2n) is 3.90. The molecule has 2 aromatic rings. The molecular weight excluding hydrogens is 230 g/mol. The second kappa shape index (κ2) is 5.53. The Morgan fingerprint density at radius 3 is 2.72 bits per heavy atom. The molecule has 0 saturated heterocycles. The van der Waals surface area contributed by atoms with Crippen LogP contribution in [0, 0.1) is 0 Å². The summed E-state index contributed by atoms with van der Waals surface area (Å²) in [6.07, 6.45) is 3.80. The number of nitrogens with one attached hydrogen (secondary N) is 1. The zero-order valence-corrected chi connectivity index (χ0v) is 10.9.